The van der Waals surface area contributed by atoms with Gasteiger partial charge in [0, 0.05) is 19.7 Å². The van der Waals surface area contributed by atoms with E-state index in [-0.39, 0.29) is 16.6 Å². The lowest BCUT2D eigenvalue weighted by molar-refractivity contribution is -0.384. The number of nitro groups is 1. The number of hydrogen-bond donors (Lipinski definition) is 1. The molecule has 2 aromatic rings. The summed E-state index contributed by atoms with van der Waals surface area (Å²) in [4.78, 5) is 31.2. The number of benzene rings is 1. The van der Waals surface area contributed by atoms with Gasteiger partial charge in [-0.25, -0.2) is 4.98 Å². The van der Waals surface area contributed by atoms with E-state index < -0.39 is 4.92 Å². The second kappa shape index (κ2) is 5.75. The molecule has 0 unspecified atom stereocenters. The van der Waals surface area contributed by atoms with Crippen LogP contribution >= 0.6 is 0 Å². The van der Waals surface area contributed by atoms with Crippen molar-refractivity contribution in [3.05, 3.63) is 38.9 Å². The van der Waals surface area contributed by atoms with E-state index in [1.165, 1.54) is 38.1 Å². The molecule has 0 saturated heterocycles. The van der Waals surface area contributed by atoms with Gasteiger partial charge in [0.1, 0.15) is 5.69 Å². The number of H-pyrrole nitrogens is 1. The van der Waals surface area contributed by atoms with E-state index >= 15 is 0 Å². The maximum absolute atomic E-state index is 11.8. The van der Waals surface area contributed by atoms with Crippen LogP contribution in [0.15, 0.2) is 23.3 Å². The molecular formula is C15H18N4O3. The first kappa shape index (κ1) is 14.5. The predicted octanol–water partition coefficient (Wildman–Crippen LogP) is 2.46. The number of rotatable bonds is 4. The van der Waals surface area contributed by atoms with E-state index in [0.717, 1.165) is 6.54 Å². The van der Waals surface area contributed by atoms with Crippen LogP contribution in [0.2, 0.25) is 0 Å². The van der Waals surface area contributed by atoms with Crippen molar-refractivity contribution in [3.8, 4) is 0 Å². The molecule has 0 atom stereocenters. The van der Waals surface area contributed by atoms with Crippen LogP contribution in [0.4, 0.5) is 11.4 Å². The third kappa shape index (κ3) is 2.66. The molecule has 1 saturated carbocycles. The maximum Gasteiger partial charge on any atom is 0.293 e. The van der Waals surface area contributed by atoms with Gasteiger partial charge in [-0.3, -0.25) is 14.9 Å². The van der Waals surface area contributed by atoms with Crippen molar-refractivity contribution in [2.75, 3.05) is 18.5 Å². The van der Waals surface area contributed by atoms with Crippen LogP contribution < -0.4 is 10.5 Å². The first-order valence-corrected chi connectivity index (χ1v) is 7.43. The highest BCUT2D eigenvalue weighted by Crippen LogP contribution is 2.33. The number of nitro benzene ring substituents is 1. The first-order valence-electron chi connectivity index (χ1n) is 7.43. The molecule has 7 heteroatoms. The number of hydrogen-bond acceptors (Lipinski definition) is 5. The van der Waals surface area contributed by atoms with Gasteiger partial charge in [0.25, 0.3) is 11.2 Å². The van der Waals surface area contributed by atoms with E-state index in [9.17, 15) is 14.9 Å². The normalized spacial score (nSPS) is 15.3. The Kier molecular flexibility index (Phi) is 3.79. The molecule has 1 aromatic carbocycles. The molecule has 0 spiro atoms. The maximum atomic E-state index is 11.8. The molecule has 1 aromatic heterocycles. The van der Waals surface area contributed by atoms with Gasteiger partial charge in [0.2, 0.25) is 0 Å². The summed E-state index contributed by atoms with van der Waals surface area (Å²) in [5.74, 6) is 0.576. The van der Waals surface area contributed by atoms with Crippen LogP contribution in [0.3, 0.4) is 0 Å². The molecule has 0 radical (unpaired) electrons. The summed E-state index contributed by atoms with van der Waals surface area (Å²) in [5, 5.41) is 11.6. The first-order chi connectivity index (χ1) is 10.6. The summed E-state index contributed by atoms with van der Waals surface area (Å²) in [6, 6.07) is 2.96. The molecule has 7 nitrogen and oxygen atoms in total. The van der Waals surface area contributed by atoms with Gasteiger partial charge >= 0.3 is 0 Å². The summed E-state index contributed by atoms with van der Waals surface area (Å²) >= 11 is 0. The molecule has 22 heavy (non-hydrogen) atoms. The highest BCUT2D eigenvalue weighted by molar-refractivity contribution is 5.86. The van der Waals surface area contributed by atoms with E-state index in [4.69, 9.17) is 0 Å². The minimum atomic E-state index is -0.438. The smallest absolute Gasteiger partial charge is 0.293 e. The molecule has 0 aliphatic heterocycles. The minimum absolute atomic E-state index is 0.0495. The van der Waals surface area contributed by atoms with Crippen molar-refractivity contribution in [1.29, 1.82) is 0 Å². The van der Waals surface area contributed by atoms with Crippen LogP contribution in [0.25, 0.3) is 10.9 Å². The molecule has 0 amide bonds. The van der Waals surface area contributed by atoms with Crippen molar-refractivity contribution < 1.29 is 4.92 Å². The second-order valence-electron chi connectivity index (χ2n) is 5.88. The van der Waals surface area contributed by atoms with Crippen molar-refractivity contribution in [2.24, 2.45) is 5.92 Å². The fraction of sp³-hybridized carbons (Fsp3) is 0.467. The SMILES string of the molecule is CN(CC1CCCC1)c1cc2nc[nH]c(=O)c2cc1[N+](=O)[O-]. The van der Waals surface area contributed by atoms with Crippen LogP contribution in [-0.2, 0) is 0 Å². The Morgan fingerprint density at radius 3 is 2.82 bits per heavy atom. The number of nitrogens with zero attached hydrogens (tertiary/aromatic N) is 3. The highest BCUT2D eigenvalue weighted by atomic mass is 16.6. The van der Waals surface area contributed by atoms with Crippen molar-refractivity contribution in [1.82, 2.24) is 9.97 Å². The topological polar surface area (TPSA) is 92.1 Å². The van der Waals surface area contributed by atoms with Crippen molar-refractivity contribution in [3.63, 3.8) is 0 Å². The molecule has 1 aliphatic carbocycles. The zero-order valence-electron chi connectivity index (χ0n) is 12.4. The van der Waals surface area contributed by atoms with Gasteiger partial charge in [0.05, 0.1) is 22.2 Å². The fourth-order valence-corrected chi connectivity index (χ4v) is 3.22. The number of anilines is 1. The largest absolute Gasteiger partial charge is 0.369 e. The Hall–Kier alpha value is -2.44. The molecule has 1 N–H and O–H groups in total. The number of aromatic amines is 1. The van der Waals surface area contributed by atoms with E-state index in [1.807, 2.05) is 11.9 Å². The zero-order valence-corrected chi connectivity index (χ0v) is 12.4. The van der Waals surface area contributed by atoms with Crippen LogP contribution in [0.1, 0.15) is 25.7 Å². The monoisotopic (exact) mass is 302 g/mol. The zero-order chi connectivity index (χ0) is 15.7. The summed E-state index contributed by atoms with van der Waals surface area (Å²) in [7, 11) is 1.86. The molecule has 0 bridgehead atoms. The Morgan fingerprint density at radius 2 is 2.14 bits per heavy atom. The van der Waals surface area contributed by atoms with E-state index in [0.29, 0.717) is 17.1 Å². The lowest BCUT2D eigenvalue weighted by Crippen LogP contribution is -2.25. The average Bonchev–Trinajstić information content (AvgIpc) is 2.99. The standard InChI is InChI=1S/C15H18N4O3/c1-18(8-10-4-2-3-5-10)13-7-12-11(6-14(13)19(21)22)15(20)17-9-16-12/h6-7,9-10H,2-5,8H2,1H3,(H,16,17,20). The van der Waals surface area contributed by atoms with Gasteiger partial charge in [-0.2, -0.15) is 0 Å². The van der Waals surface area contributed by atoms with Gasteiger partial charge in [-0.1, -0.05) is 12.8 Å². The summed E-state index contributed by atoms with van der Waals surface area (Å²) in [6.45, 7) is 0.787. The number of aromatic nitrogens is 2. The predicted molar refractivity (Wildman–Crippen MR) is 84.2 cm³/mol. The molecule has 1 heterocycles. The Bertz CT molecular complexity index is 765. The van der Waals surface area contributed by atoms with Crippen molar-refractivity contribution in [2.45, 2.75) is 25.7 Å². The van der Waals surface area contributed by atoms with Crippen LogP contribution in [-0.4, -0.2) is 28.5 Å². The molecule has 1 aliphatic rings. The van der Waals surface area contributed by atoms with Gasteiger partial charge in [0.15, 0.2) is 0 Å². The Balaban J connectivity index is 2.04. The number of nitrogens with one attached hydrogen (secondary N) is 1. The fourth-order valence-electron chi connectivity index (χ4n) is 3.22. The summed E-state index contributed by atoms with van der Waals surface area (Å²) in [5.41, 5.74) is 0.578. The Morgan fingerprint density at radius 1 is 1.41 bits per heavy atom. The molecular weight excluding hydrogens is 284 g/mol. The van der Waals surface area contributed by atoms with E-state index in [2.05, 4.69) is 9.97 Å². The lowest BCUT2D eigenvalue weighted by atomic mass is 10.1. The quantitative estimate of drug-likeness (QED) is 0.692. The molecule has 1 fully saturated rings. The van der Waals surface area contributed by atoms with Crippen LogP contribution in [0.5, 0.6) is 0 Å². The lowest BCUT2D eigenvalue weighted by Gasteiger charge is -2.23. The van der Waals surface area contributed by atoms with Gasteiger partial charge < -0.3 is 9.88 Å². The summed E-state index contributed by atoms with van der Waals surface area (Å²) < 4.78 is 0. The average molecular weight is 302 g/mol. The van der Waals surface area contributed by atoms with Gasteiger partial charge in [-0.05, 0) is 24.8 Å². The molecule has 116 valence electrons. The minimum Gasteiger partial charge on any atom is -0.369 e. The third-order valence-electron chi connectivity index (χ3n) is 4.35. The van der Waals surface area contributed by atoms with Crippen LogP contribution in [0, 0.1) is 16.0 Å². The number of fused-ring (bicyclic) bond motifs is 1. The molecule has 3 rings (SSSR count). The van der Waals surface area contributed by atoms with Crippen molar-refractivity contribution >= 4 is 22.3 Å². The highest BCUT2D eigenvalue weighted by Gasteiger charge is 2.23. The van der Waals surface area contributed by atoms with Gasteiger partial charge in [-0.15, -0.1) is 0 Å². The Labute approximate surface area is 127 Å². The van der Waals surface area contributed by atoms with E-state index in [1.54, 1.807) is 6.07 Å². The second-order valence-corrected chi connectivity index (χ2v) is 5.88. The third-order valence-corrected chi connectivity index (χ3v) is 4.35. The summed E-state index contributed by atoms with van der Waals surface area (Å²) in [6.07, 6.45) is 6.12.